The second kappa shape index (κ2) is 6.86. The molecule has 0 unspecified atom stereocenters. The Morgan fingerprint density at radius 1 is 1.21 bits per heavy atom. The van der Waals surface area contributed by atoms with Gasteiger partial charge >= 0.3 is 0 Å². The lowest BCUT2D eigenvalue weighted by Crippen LogP contribution is -2.43. The Kier molecular flexibility index (Phi) is 4.64. The Morgan fingerprint density at radius 3 is 2.67 bits per heavy atom. The maximum atomic E-state index is 12.5. The third-order valence-corrected chi connectivity index (χ3v) is 4.23. The van der Waals surface area contributed by atoms with Crippen LogP contribution in [0.3, 0.4) is 0 Å². The standard InChI is InChI=1S/C18H21N3O3/c1-13-5-3-7-16(19-13)24-14-8-11-21(12-9-14)18(23)15-6-4-10-20(2)17(15)22/h3-7,10,14H,8-9,11-12H2,1-2H3. The number of likely N-dealkylation sites (tertiary alicyclic amines) is 1. The number of ether oxygens (including phenoxy) is 1. The van der Waals surface area contributed by atoms with E-state index in [9.17, 15) is 9.59 Å². The summed E-state index contributed by atoms with van der Waals surface area (Å²) >= 11 is 0. The molecule has 6 nitrogen and oxygen atoms in total. The van der Waals surface area contributed by atoms with Crippen LogP contribution in [0.15, 0.2) is 41.3 Å². The fraction of sp³-hybridized carbons (Fsp3) is 0.389. The molecule has 126 valence electrons. The molecule has 3 heterocycles. The highest BCUT2D eigenvalue weighted by Crippen LogP contribution is 2.18. The van der Waals surface area contributed by atoms with Gasteiger partial charge in [0.05, 0.1) is 0 Å². The van der Waals surface area contributed by atoms with Crippen molar-refractivity contribution >= 4 is 5.91 Å². The Bertz CT molecular complexity index is 792. The lowest BCUT2D eigenvalue weighted by atomic mass is 10.1. The van der Waals surface area contributed by atoms with Gasteiger partial charge in [-0.1, -0.05) is 6.07 Å². The molecule has 2 aromatic heterocycles. The van der Waals surface area contributed by atoms with Crippen molar-refractivity contribution < 1.29 is 9.53 Å². The first-order valence-corrected chi connectivity index (χ1v) is 8.10. The van der Waals surface area contributed by atoms with Crippen LogP contribution in [0.25, 0.3) is 0 Å². The number of carbonyl (C=O) groups is 1. The van der Waals surface area contributed by atoms with E-state index in [1.807, 2.05) is 25.1 Å². The zero-order chi connectivity index (χ0) is 17.1. The van der Waals surface area contributed by atoms with Gasteiger partial charge in [-0.3, -0.25) is 9.59 Å². The number of aryl methyl sites for hydroxylation is 2. The molecule has 0 aromatic carbocycles. The van der Waals surface area contributed by atoms with Crippen LogP contribution >= 0.6 is 0 Å². The Labute approximate surface area is 140 Å². The number of carbonyl (C=O) groups excluding carboxylic acids is 1. The predicted molar refractivity (Wildman–Crippen MR) is 90.2 cm³/mol. The zero-order valence-electron chi connectivity index (χ0n) is 13.9. The smallest absolute Gasteiger partial charge is 0.263 e. The van der Waals surface area contributed by atoms with Gasteiger partial charge in [0.2, 0.25) is 5.88 Å². The van der Waals surface area contributed by atoms with Crippen LogP contribution in [-0.4, -0.2) is 39.6 Å². The fourth-order valence-corrected chi connectivity index (χ4v) is 2.86. The second-order valence-corrected chi connectivity index (χ2v) is 6.06. The first-order valence-electron chi connectivity index (χ1n) is 8.10. The number of aromatic nitrogens is 2. The highest BCUT2D eigenvalue weighted by Gasteiger charge is 2.26. The molecule has 2 aromatic rings. The van der Waals surface area contributed by atoms with Crippen LogP contribution in [-0.2, 0) is 7.05 Å². The summed E-state index contributed by atoms with van der Waals surface area (Å²) in [6.07, 6.45) is 3.15. The van der Waals surface area contributed by atoms with Crippen LogP contribution < -0.4 is 10.3 Å². The van der Waals surface area contributed by atoms with Crippen LogP contribution in [0.4, 0.5) is 0 Å². The summed E-state index contributed by atoms with van der Waals surface area (Å²) in [7, 11) is 1.65. The van der Waals surface area contributed by atoms with Crippen molar-refractivity contribution in [3.05, 3.63) is 58.1 Å². The van der Waals surface area contributed by atoms with E-state index >= 15 is 0 Å². The van der Waals surface area contributed by atoms with E-state index in [0.717, 1.165) is 18.5 Å². The first kappa shape index (κ1) is 16.2. The van der Waals surface area contributed by atoms with Gasteiger partial charge in [-0.15, -0.1) is 0 Å². The predicted octanol–water partition coefficient (Wildman–Crippen LogP) is 1.77. The van der Waals surface area contributed by atoms with Gasteiger partial charge in [-0.2, -0.15) is 0 Å². The van der Waals surface area contributed by atoms with Crippen molar-refractivity contribution in [3.8, 4) is 5.88 Å². The van der Waals surface area contributed by atoms with Crippen LogP contribution in [0.5, 0.6) is 5.88 Å². The van der Waals surface area contributed by atoms with E-state index in [1.54, 1.807) is 30.3 Å². The van der Waals surface area contributed by atoms with Crippen molar-refractivity contribution in [1.29, 1.82) is 0 Å². The minimum atomic E-state index is -0.259. The minimum Gasteiger partial charge on any atom is -0.474 e. The quantitative estimate of drug-likeness (QED) is 0.862. The molecule has 0 spiro atoms. The molecule has 0 radical (unpaired) electrons. The van der Waals surface area contributed by atoms with Crippen LogP contribution in [0.2, 0.25) is 0 Å². The summed E-state index contributed by atoms with van der Waals surface area (Å²) in [6.45, 7) is 3.08. The van der Waals surface area contributed by atoms with Crippen LogP contribution in [0.1, 0.15) is 28.9 Å². The summed E-state index contributed by atoms with van der Waals surface area (Å²) in [5, 5.41) is 0. The van der Waals surface area contributed by atoms with E-state index in [0.29, 0.717) is 19.0 Å². The van der Waals surface area contributed by atoms with Gasteiger partial charge in [-0.25, -0.2) is 4.98 Å². The van der Waals surface area contributed by atoms with E-state index in [4.69, 9.17) is 4.74 Å². The minimum absolute atomic E-state index is 0.0435. The topological polar surface area (TPSA) is 64.4 Å². The molecule has 1 amide bonds. The number of nitrogens with zero attached hydrogens (tertiary/aromatic N) is 3. The Hall–Kier alpha value is -2.63. The van der Waals surface area contributed by atoms with E-state index in [-0.39, 0.29) is 23.1 Å². The molecular weight excluding hydrogens is 306 g/mol. The number of pyridine rings is 2. The van der Waals surface area contributed by atoms with E-state index < -0.39 is 0 Å². The number of piperidine rings is 1. The van der Waals surface area contributed by atoms with Crippen molar-refractivity contribution in [2.24, 2.45) is 7.05 Å². The molecule has 0 saturated carbocycles. The van der Waals surface area contributed by atoms with Crippen molar-refractivity contribution in [1.82, 2.24) is 14.5 Å². The average molecular weight is 327 g/mol. The van der Waals surface area contributed by atoms with Gasteiger partial charge in [0.25, 0.3) is 11.5 Å². The fourth-order valence-electron chi connectivity index (χ4n) is 2.86. The average Bonchev–Trinajstić information content (AvgIpc) is 2.57. The molecule has 1 fully saturated rings. The summed E-state index contributed by atoms with van der Waals surface area (Å²) in [4.78, 5) is 30.7. The molecule has 3 rings (SSSR count). The molecule has 24 heavy (non-hydrogen) atoms. The van der Waals surface area contributed by atoms with Crippen molar-refractivity contribution in [3.63, 3.8) is 0 Å². The van der Waals surface area contributed by atoms with Gasteiger partial charge in [0.15, 0.2) is 0 Å². The largest absolute Gasteiger partial charge is 0.474 e. The summed E-state index contributed by atoms with van der Waals surface area (Å²) < 4.78 is 7.32. The molecule has 0 atom stereocenters. The molecule has 1 aliphatic rings. The summed E-state index contributed by atoms with van der Waals surface area (Å²) in [6, 6.07) is 8.99. The van der Waals surface area contributed by atoms with E-state index in [1.165, 1.54) is 4.57 Å². The maximum Gasteiger partial charge on any atom is 0.263 e. The zero-order valence-corrected chi connectivity index (χ0v) is 13.9. The number of hydrogen-bond donors (Lipinski definition) is 0. The Balaban J connectivity index is 1.61. The van der Waals surface area contributed by atoms with Crippen LogP contribution in [0, 0.1) is 6.92 Å². The summed E-state index contributed by atoms with van der Waals surface area (Å²) in [5.74, 6) is 0.417. The van der Waals surface area contributed by atoms with Gasteiger partial charge in [-0.05, 0) is 25.1 Å². The highest BCUT2D eigenvalue weighted by molar-refractivity contribution is 5.93. The monoisotopic (exact) mass is 327 g/mol. The number of rotatable bonds is 3. The molecule has 0 aliphatic carbocycles. The number of amides is 1. The normalized spacial score (nSPS) is 15.3. The van der Waals surface area contributed by atoms with Crippen molar-refractivity contribution in [2.45, 2.75) is 25.9 Å². The molecule has 6 heteroatoms. The molecular formula is C18H21N3O3. The van der Waals surface area contributed by atoms with Gasteiger partial charge in [0, 0.05) is 50.9 Å². The van der Waals surface area contributed by atoms with Gasteiger partial charge in [0.1, 0.15) is 11.7 Å². The molecule has 1 aliphatic heterocycles. The Morgan fingerprint density at radius 2 is 1.96 bits per heavy atom. The van der Waals surface area contributed by atoms with E-state index in [2.05, 4.69) is 4.98 Å². The molecule has 0 bridgehead atoms. The number of hydrogen-bond acceptors (Lipinski definition) is 4. The van der Waals surface area contributed by atoms with Crippen molar-refractivity contribution in [2.75, 3.05) is 13.1 Å². The van der Waals surface area contributed by atoms with Gasteiger partial charge < -0.3 is 14.2 Å². The summed E-state index contributed by atoms with van der Waals surface area (Å²) in [5.41, 5.74) is 0.879. The third-order valence-electron chi connectivity index (χ3n) is 4.23. The molecule has 0 N–H and O–H groups in total. The first-order chi connectivity index (χ1) is 11.5. The lowest BCUT2D eigenvalue weighted by molar-refractivity contribution is 0.0585. The third kappa shape index (κ3) is 3.48. The second-order valence-electron chi connectivity index (χ2n) is 6.06. The molecule has 1 saturated heterocycles. The highest BCUT2D eigenvalue weighted by atomic mass is 16.5. The maximum absolute atomic E-state index is 12.5. The lowest BCUT2D eigenvalue weighted by Gasteiger charge is -2.31. The SMILES string of the molecule is Cc1cccc(OC2CCN(C(=O)c3cccn(C)c3=O)CC2)n1.